The number of carbonyl (C=O) groups is 1. The third kappa shape index (κ3) is 4.42. The van der Waals surface area contributed by atoms with Crippen molar-refractivity contribution < 1.29 is 22.3 Å². The molecule has 0 saturated carbocycles. The fourth-order valence-electron chi connectivity index (χ4n) is 3.64. The number of ether oxygens (including phenoxy) is 1. The largest absolute Gasteiger partial charge is 0.495 e. The van der Waals surface area contributed by atoms with Crippen LogP contribution < -0.4 is 15.5 Å². The maximum atomic E-state index is 13.3. The van der Waals surface area contributed by atoms with E-state index in [0.29, 0.717) is 17.0 Å². The molecule has 0 spiro atoms. The van der Waals surface area contributed by atoms with Crippen molar-refractivity contribution in [1.82, 2.24) is 4.57 Å². The number of nitrogens with zero attached hydrogens (tertiary/aromatic N) is 1. The minimum atomic E-state index is -4.27. The second-order valence-corrected chi connectivity index (χ2v) is 9.59. The van der Waals surface area contributed by atoms with E-state index < -0.39 is 31.9 Å². The number of aromatic nitrogens is 1. The van der Waals surface area contributed by atoms with Gasteiger partial charge in [0.05, 0.1) is 23.2 Å². The lowest BCUT2D eigenvalue weighted by atomic mass is 10.1. The van der Waals surface area contributed by atoms with Crippen molar-refractivity contribution >= 4 is 32.3 Å². The Kier molecular flexibility index (Phi) is 6.21. The van der Waals surface area contributed by atoms with E-state index in [-0.39, 0.29) is 16.8 Å². The highest BCUT2D eigenvalue weighted by Gasteiger charge is 2.24. The molecule has 9 heteroatoms. The standard InChI is InChI=1S/C25H21FN2O5S/c1-16-7-12-21-19(13-16)25(30)23(34(31,32)18-10-8-17(26)9-11-18)14-28(21)15-24(29)27-20-5-3-4-6-22(20)33-2/h3-14H,15H2,1-2H3,(H,27,29). The number of para-hydroxylation sites is 2. The van der Waals surface area contributed by atoms with Crippen LogP contribution >= 0.6 is 0 Å². The van der Waals surface area contributed by atoms with E-state index in [9.17, 15) is 22.4 Å². The number of sulfone groups is 1. The first-order valence-electron chi connectivity index (χ1n) is 10.3. The summed E-state index contributed by atoms with van der Waals surface area (Å²) in [5.74, 6) is -0.575. The van der Waals surface area contributed by atoms with E-state index in [0.717, 1.165) is 36.0 Å². The summed E-state index contributed by atoms with van der Waals surface area (Å²) in [7, 11) is -2.79. The topological polar surface area (TPSA) is 94.5 Å². The number of fused-ring (bicyclic) bond motifs is 1. The molecule has 4 rings (SSSR count). The number of nitrogens with one attached hydrogen (secondary N) is 1. The third-order valence-electron chi connectivity index (χ3n) is 5.31. The van der Waals surface area contributed by atoms with Crippen LogP contribution in [-0.4, -0.2) is 26.0 Å². The van der Waals surface area contributed by atoms with Crippen molar-refractivity contribution in [3.05, 3.63) is 94.5 Å². The van der Waals surface area contributed by atoms with Gasteiger partial charge in [-0.1, -0.05) is 23.8 Å². The maximum absolute atomic E-state index is 13.3. The average Bonchev–Trinajstić information content (AvgIpc) is 2.81. The van der Waals surface area contributed by atoms with Crippen LogP contribution in [-0.2, 0) is 21.2 Å². The number of hydrogen-bond acceptors (Lipinski definition) is 5. The zero-order valence-corrected chi connectivity index (χ0v) is 19.2. The Morgan fingerprint density at radius 3 is 2.47 bits per heavy atom. The SMILES string of the molecule is COc1ccccc1NC(=O)Cn1cc(S(=O)(=O)c2ccc(F)cc2)c(=O)c2cc(C)ccc21. The number of amides is 1. The lowest BCUT2D eigenvalue weighted by molar-refractivity contribution is -0.116. The lowest BCUT2D eigenvalue weighted by Crippen LogP contribution is -2.24. The molecule has 7 nitrogen and oxygen atoms in total. The van der Waals surface area contributed by atoms with Crippen LogP contribution in [0.25, 0.3) is 10.9 Å². The first-order chi connectivity index (χ1) is 16.2. The van der Waals surface area contributed by atoms with E-state index in [1.807, 2.05) is 0 Å². The van der Waals surface area contributed by atoms with Crippen molar-refractivity contribution in [2.24, 2.45) is 0 Å². The van der Waals surface area contributed by atoms with E-state index in [4.69, 9.17) is 4.74 Å². The Morgan fingerprint density at radius 2 is 1.76 bits per heavy atom. The molecule has 1 amide bonds. The van der Waals surface area contributed by atoms with Gasteiger partial charge in [0.1, 0.15) is 23.0 Å². The predicted molar refractivity (Wildman–Crippen MR) is 126 cm³/mol. The first-order valence-corrected chi connectivity index (χ1v) is 11.8. The molecule has 0 aliphatic carbocycles. The highest BCUT2D eigenvalue weighted by atomic mass is 32.2. The Hall–Kier alpha value is -3.98. The highest BCUT2D eigenvalue weighted by Crippen LogP contribution is 2.24. The van der Waals surface area contributed by atoms with Crippen LogP contribution in [0, 0.1) is 12.7 Å². The number of benzene rings is 3. The second-order valence-electron chi connectivity index (χ2n) is 7.68. The summed E-state index contributed by atoms with van der Waals surface area (Å²) < 4.78 is 46.5. The summed E-state index contributed by atoms with van der Waals surface area (Å²) in [6.45, 7) is 1.52. The average molecular weight is 481 g/mol. The van der Waals surface area contributed by atoms with Crippen LogP contribution in [0.4, 0.5) is 10.1 Å². The molecular formula is C25H21FN2O5S. The monoisotopic (exact) mass is 480 g/mol. The van der Waals surface area contributed by atoms with Crippen LogP contribution in [0.15, 0.2) is 87.5 Å². The van der Waals surface area contributed by atoms with Gasteiger partial charge in [-0.2, -0.15) is 0 Å². The summed E-state index contributed by atoms with van der Waals surface area (Å²) in [6, 6.07) is 16.1. The van der Waals surface area contributed by atoms with Crippen molar-refractivity contribution in [1.29, 1.82) is 0 Å². The molecule has 1 heterocycles. The van der Waals surface area contributed by atoms with Crippen molar-refractivity contribution in [2.45, 2.75) is 23.3 Å². The van der Waals surface area contributed by atoms with Crippen LogP contribution in [0.3, 0.4) is 0 Å². The van der Waals surface area contributed by atoms with Crippen LogP contribution in [0.5, 0.6) is 5.75 Å². The molecule has 0 radical (unpaired) electrons. The molecule has 0 fully saturated rings. The van der Waals surface area contributed by atoms with Gasteiger partial charge in [-0.3, -0.25) is 9.59 Å². The number of rotatable bonds is 6. The molecule has 0 unspecified atom stereocenters. The van der Waals surface area contributed by atoms with Gasteiger partial charge in [-0.05, 0) is 55.5 Å². The number of hydrogen-bond donors (Lipinski definition) is 1. The number of methoxy groups -OCH3 is 1. The molecule has 0 saturated heterocycles. The molecular weight excluding hydrogens is 459 g/mol. The number of anilines is 1. The van der Waals surface area contributed by atoms with Gasteiger partial charge in [-0.15, -0.1) is 0 Å². The van der Waals surface area contributed by atoms with Gasteiger partial charge >= 0.3 is 0 Å². The Bertz CT molecular complexity index is 1560. The fraction of sp³-hybridized carbons (Fsp3) is 0.120. The molecule has 1 aromatic heterocycles. The number of carbonyl (C=O) groups excluding carboxylic acids is 1. The lowest BCUT2D eigenvalue weighted by Gasteiger charge is -2.15. The molecule has 0 atom stereocenters. The Labute approximate surface area is 195 Å². The van der Waals surface area contributed by atoms with Gasteiger partial charge in [0, 0.05) is 11.6 Å². The fourth-order valence-corrected chi connectivity index (χ4v) is 5.01. The van der Waals surface area contributed by atoms with E-state index in [2.05, 4.69) is 5.32 Å². The van der Waals surface area contributed by atoms with Gasteiger partial charge < -0.3 is 14.6 Å². The highest BCUT2D eigenvalue weighted by molar-refractivity contribution is 7.91. The zero-order chi connectivity index (χ0) is 24.5. The molecule has 3 aromatic carbocycles. The van der Waals surface area contributed by atoms with Crippen LogP contribution in [0.1, 0.15) is 5.56 Å². The summed E-state index contributed by atoms with van der Waals surface area (Å²) in [5, 5.41) is 2.90. The summed E-state index contributed by atoms with van der Waals surface area (Å²) in [6.07, 6.45) is 1.15. The van der Waals surface area contributed by atoms with Gasteiger partial charge in [0.15, 0.2) is 0 Å². The van der Waals surface area contributed by atoms with Gasteiger partial charge in [0.2, 0.25) is 21.2 Å². The molecule has 174 valence electrons. The normalized spacial score (nSPS) is 11.4. The molecule has 34 heavy (non-hydrogen) atoms. The molecule has 4 aromatic rings. The minimum absolute atomic E-state index is 0.160. The molecule has 0 aliphatic heterocycles. The maximum Gasteiger partial charge on any atom is 0.244 e. The summed E-state index contributed by atoms with van der Waals surface area (Å²) in [4.78, 5) is 25.3. The second kappa shape index (κ2) is 9.11. The van der Waals surface area contributed by atoms with E-state index in [1.165, 1.54) is 11.7 Å². The Morgan fingerprint density at radius 1 is 1.06 bits per heavy atom. The number of halogens is 1. The first kappa shape index (κ1) is 23.2. The van der Waals surface area contributed by atoms with E-state index >= 15 is 0 Å². The van der Waals surface area contributed by atoms with Gasteiger partial charge in [-0.25, -0.2) is 12.8 Å². The van der Waals surface area contributed by atoms with Crippen molar-refractivity contribution in [2.75, 3.05) is 12.4 Å². The molecule has 0 bridgehead atoms. The molecule has 1 N–H and O–H groups in total. The van der Waals surface area contributed by atoms with Crippen molar-refractivity contribution in [3.8, 4) is 5.75 Å². The minimum Gasteiger partial charge on any atom is -0.495 e. The predicted octanol–water partition coefficient (Wildman–Crippen LogP) is 3.93. The zero-order valence-electron chi connectivity index (χ0n) is 18.4. The smallest absolute Gasteiger partial charge is 0.244 e. The number of aryl methyl sites for hydroxylation is 1. The summed E-state index contributed by atoms with van der Waals surface area (Å²) >= 11 is 0. The number of pyridine rings is 1. The van der Waals surface area contributed by atoms with E-state index in [1.54, 1.807) is 49.4 Å². The Balaban J connectivity index is 1.82. The summed E-state index contributed by atoms with van der Waals surface area (Å²) in [5.41, 5.74) is 0.926. The molecule has 0 aliphatic rings. The van der Waals surface area contributed by atoms with Crippen LogP contribution in [0.2, 0.25) is 0 Å². The van der Waals surface area contributed by atoms with Gasteiger partial charge in [0.25, 0.3) is 0 Å². The quantitative estimate of drug-likeness (QED) is 0.422. The van der Waals surface area contributed by atoms with Crippen molar-refractivity contribution in [3.63, 3.8) is 0 Å². The third-order valence-corrected chi connectivity index (χ3v) is 7.07.